The van der Waals surface area contributed by atoms with E-state index >= 15 is 0 Å². The fourth-order valence-electron chi connectivity index (χ4n) is 2.17. The molecule has 0 bridgehead atoms. The Morgan fingerprint density at radius 1 is 1.38 bits per heavy atom. The molecule has 0 aliphatic carbocycles. The number of aromatic nitrogens is 4. The van der Waals surface area contributed by atoms with Gasteiger partial charge in [0.2, 0.25) is 0 Å². The van der Waals surface area contributed by atoms with Gasteiger partial charge in [0.25, 0.3) is 5.91 Å². The summed E-state index contributed by atoms with van der Waals surface area (Å²) in [6, 6.07) is 7.36. The van der Waals surface area contributed by atoms with E-state index in [1.165, 1.54) is 0 Å². The number of hydrogen-bond acceptors (Lipinski definition) is 6. The average Bonchev–Trinajstić information content (AvgIpc) is 3.27. The number of amides is 1. The van der Waals surface area contributed by atoms with E-state index in [0.717, 1.165) is 11.5 Å². The van der Waals surface area contributed by atoms with Crippen LogP contribution in [0.1, 0.15) is 22.3 Å². The van der Waals surface area contributed by atoms with Gasteiger partial charge >= 0.3 is 0 Å². The largest absolute Gasteiger partial charge is 0.490 e. The van der Waals surface area contributed by atoms with Gasteiger partial charge in [0.1, 0.15) is 17.2 Å². The molecule has 0 aliphatic heterocycles. The average molecular weight is 343 g/mol. The molecule has 3 rings (SSSR count). The first-order chi connectivity index (χ1) is 11.8. The molecule has 7 nitrogen and oxygen atoms in total. The molecule has 0 spiro atoms. The Bertz CT molecular complexity index is 800. The van der Waals surface area contributed by atoms with Gasteiger partial charge in [-0.3, -0.25) is 4.79 Å². The molecular weight excluding hydrogens is 326 g/mol. The van der Waals surface area contributed by atoms with Crippen molar-refractivity contribution in [1.82, 2.24) is 19.1 Å². The first kappa shape index (κ1) is 16.1. The van der Waals surface area contributed by atoms with Crippen molar-refractivity contribution in [3.8, 4) is 5.75 Å². The van der Waals surface area contributed by atoms with Crippen LogP contribution in [0.15, 0.2) is 43.0 Å². The zero-order valence-electron chi connectivity index (χ0n) is 13.2. The molecule has 0 atom stereocenters. The number of carbonyl (C=O) groups is 1. The van der Waals surface area contributed by atoms with E-state index in [1.54, 1.807) is 12.5 Å². The minimum Gasteiger partial charge on any atom is -0.490 e. The summed E-state index contributed by atoms with van der Waals surface area (Å²) >= 11 is 1.10. The maximum absolute atomic E-state index is 12.4. The van der Waals surface area contributed by atoms with Crippen molar-refractivity contribution in [2.75, 3.05) is 11.9 Å². The van der Waals surface area contributed by atoms with Crippen LogP contribution in [0.5, 0.6) is 5.75 Å². The molecule has 3 aromatic rings. The summed E-state index contributed by atoms with van der Waals surface area (Å²) in [5.41, 5.74) is 1.33. The van der Waals surface area contributed by atoms with E-state index in [4.69, 9.17) is 4.74 Å². The van der Waals surface area contributed by atoms with Crippen molar-refractivity contribution in [3.05, 3.63) is 53.6 Å². The predicted molar refractivity (Wildman–Crippen MR) is 91.4 cm³/mol. The molecule has 0 fully saturated rings. The van der Waals surface area contributed by atoms with Crippen LogP contribution in [0.3, 0.4) is 0 Å². The van der Waals surface area contributed by atoms with Crippen LogP contribution in [-0.4, -0.2) is 31.7 Å². The normalized spacial score (nSPS) is 10.5. The molecule has 0 aliphatic rings. The third-order valence-corrected chi connectivity index (χ3v) is 4.17. The van der Waals surface area contributed by atoms with Gasteiger partial charge in [-0.05, 0) is 30.1 Å². The van der Waals surface area contributed by atoms with Gasteiger partial charge in [-0.1, -0.05) is 23.5 Å². The van der Waals surface area contributed by atoms with Crippen LogP contribution in [0, 0.1) is 0 Å². The van der Waals surface area contributed by atoms with Gasteiger partial charge in [0.05, 0.1) is 24.3 Å². The minimum absolute atomic E-state index is 0.215. The maximum atomic E-state index is 12.4. The molecule has 1 aromatic carbocycles. The topological polar surface area (TPSA) is 81.9 Å². The Kier molecular flexibility index (Phi) is 5.17. The third-order valence-electron chi connectivity index (χ3n) is 3.40. The van der Waals surface area contributed by atoms with E-state index in [-0.39, 0.29) is 5.91 Å². The second-order valence-corrected chi connectivity index (χ2v) is 5.76. The Hall–Kier alpha value is -2.74. The summed E-state index contributed by atoms with van der Waals surface area (Å²) in [6.07, 6.45) is 6.01. The third kappa shape index (κ3) is 3.77. The van der Waals surface area contributed by atoms with Gasteiger partial charge in [-0.15, -0.1) is 5.10 Å². The van der Waals surface area contributed by atoms with Crippen molar-refractivity contribution in [3.63, 3.8) is 0 Å². The molecule has 24 heavy (non-hydrogen) atoms. The number of nitrogens with one attached hydrogen (secondary N) is 1. The number of benzene rings is 1. The number of para-hydroxylation sites is 2. The van der Waals surface area contributed by atoms with E-state index in [9.17, 15) is 4.79 Å². The molecule has 1 amide bonds. The predicted octanol–water partition coefficient (Wildman–Crippen LogP) is 2.63. The zero-order valence-corrected chi connectivity index (χ0v) is 14.0. The van der Waals surface area contributed by atoms with Gasteiger partial charge in [0.15, 0.2) is 0 Å². The number of rotatable bonds is 7. The van der Waals surface area contributed by atoms with Crippen LogP contribution >= 0.6 is 11.5 Å². The van der Waals surface area contributed by atoms with Crippen molar-refractivity contribution >= 4 is 23.1 Å². The molecule has 124 valence electrons. The highest BCUT2D eigenvalue weighted by Crippen LogP contribution is 2.25. The van der Waals surface area contributed by atoms with E-state index in [2.05, 4.69) is 19.9 Å². The lowest BCUT2D eigenvalue weighted by Crippen LogP contribution is -2.14. The van der Waals surface area contributed by atoms with Gasteiger partial charge in [-0.25, -0.2) is 4.98 Å². The fraction of sp³-hybridized carbons (Fsp3) is 0.250. The molecule has 0 saturated heterocycles. The number of nitrogens with zero attached hydrogens (tertiary/aromatic N) is 4. The number of aryl methyl sites for hydroxylation is 1. The number of carbonyl (C=O) groups excluding carboxylic acids is 1. The molecule has 2 aromatic heterocycles. The van der Waals surface area contributed by atoms with Crippen LogP contribution in [-0.2, 0) is 13.0 Å². The Morgan fingerprint density at radius 3 is 3.04 bits per heavy atom. The van der Waals surface area contributed by atoms with Gasteiger partial charge < -0.3 is 14.6 Å². The summed E-state index contributed by atoms with van der Waals surface area (Å²) in [6.45, 7) is 3.10. The molecule has 0 saturated carbocycles. The monoisotopic (exact) mass is 343 g/mol. The highest BCUT2D eigenvalue weighted by atomic mass is 32.1. The molecule has 1 N–H and O–H groups in total. The SMILES string of the molecule is CCc1nnsc1C(=O)Nc1ccccc1OCCn1ccnc1. The van der Waals surface area contributed by atoms with Crippen LogP contribution in [0.2, 0.25) is 0 Å². The second-order valence-electron chi connectivity index (χ2n) is 5.00. The van der Waals surface area contributed by atoms with Crippen molar-refractivity contribution in [1.29, 1.82) is 0 Å². The highest BCUT2D eigenvalue weighted by Gasteiger charge is 2.16. The molecule has 8 heteroatoms. The van der Waals surface area contributed by atoms with E-state index in [0.29, 0.717) is 41.6 Å². The van der Waals surface area contributed by atoms with Crippen molar-refractivity contribution < 1.29 is 9.53 Å². The number of imidazole rings is 1. The lowest BCUT2D eigenvalue weighted by atomic mass is 10.2. The van der Waals surface area contributed by atoms with Crippen LogP contribution < -0.4 is 10.1 Å². The quantitative estimate of drug-likeness (QED) is 0.713. The lowest BCUT2D eigenvalue weighted by molar-refractivity contribution is 0.102. The van der Waals surface area contributed by atoms with Crippen molar-refractivity contribution in [2.45, 2.75) is 19.9 Å². The van der Waals surface area contributed by atoms with Gasteiger partial charge in [0, 0.05) is 12.4 Å². The summed E-state index contributed by atoms with van der Waals surface area (Å²) in [7, 11) is 0. The second kappa shape index (κ2) is 7.69. The summed E-state index contributed by atoms with van der Waals surface area (Å²) in [5, 5.41) is 6.84. The molecular formula is C16H17N5O2S. The minimum atomic E-state index is -0.215. The Morgan fingerprint density at radius 2 is 2.25 bits per heavy atom. The van der Waals surface area contributed by atoms with Crippen LogP contribution in [0.25, 0.3) is 0 Å². The Labute approximate surface area is 143 Å². The Balaban J connectivity index is 1.66. The van der Waals surface area contributed by atoms with Crippen LogP contribution in [0.4, 0.5) is 5.69 Å². The standard InChI is InChI=1S/C16H17N5O2S/c1-2-12-15(24-20-19-12)16(22)18-13-5-3-4-6-14(13)23-10-9-21-8-7-17-11-21/h3-8,11H,2,9-10H2,1H3,(H,18,22). The van der Waals surface area contributed by atoms with Gasteiger partial charge in [-0.2, -0.15) is 0 Å². The molecule has 0 unspecified atom stereocenters. The first-order valence-corrected chi connectivity index (χ1v) is 8.35. The number of hydrogen-bond donors (Lipinski definition) is 1. The zero-order chi connectivity index (χ0) is 16.8. The number of anilines is 1. The smallest absolute Gasteiger partial charge is 0.269 e. The first-order valence-electron chi connectivity index (χ1n) is 7.58. The lowest BCUT2D eigenvalue weighted by Gasteiger charge is -2.12. The summed E-state index contributed by atoms with van der Waals surface area (Å²) in [4.78, 5) is 16.9. The van der Waals surface area contributed by atoms with E-state index < -0.39 is 0 Å². The maximum Gasteiger partial charge on any atom is 0.269 e. The highest BCUT2D eigenvalue weighted by molar-refractivity contribution is 7.08. The summed E-state index contributed by atoms with van der Waals surface area (Å²) in [5.74, 6) is 0.411. The molecule has 2 heterocycles. The summed E-state index contributed by atoms with van der Waals surface area (Å²) < 4.78 is 11.6. The number of ether oxygens (including phenoxy) is 1. The fourth-order valence-corrected chi connectivity index (χ4v) is 2.81. The van der Waals surface area contributed by atoms with Crippen molar-refractivity contribution in [2.24, 2.45) is 0 Å². The molecule has 0 radical (unpaired) electrons. The van der Waals surface area contributed by atoms with E-state index in [1.807, 2.05) is 42.0 Å².